The predicted octanol–water partition coefficient (Wildman–Crippen LogP) is 4.31. The molecule has 3 aromatic rings. The van der Waals surface area contributed by atoms with Gasteiger partial charge in [-0.3, -0.25) is 4.98 Å². The van der Waals surface area contributed by atoms with Crippen LogP contribution in [-0.2, 0) is 4.74 Å². The number of benzene rings is 2. The van der Waals surface area contributed by atoms with Crippen molar-refractivity contribution in [1.29, 1.82) is 0 Å². The van der Waals surface area contributed by atoms with Crippen molar-refractivity contribution in [2.45, 2.75) is 6.10 Å². The molecule has 0 bridgehead atoms. The standard InChI is InChI=1S/C19H13F2NO2/c20-15-7-3-5-13(11-15)18(17-9-1-2-10-22-17)24-19(23)14-6-4-8-16(21)12-14/h1-12,18H. The highest BCUT2D eigenvalue weighted by Gasteiger charge is 2.22. The topological polar surface area (TPSA) is 39.2 Å². The Bertz CT molecular complexity index is 853. The summed E-state index contributed by atoms with van der Waals surface area (Å²) in [6.07, 6.45) is 0.662. The van der Waals surface area contributed by atoms with Gasteiger partial charge in [-0.1, -0.05) is 24.3 Å². The van der Waals surface area contributed by atoms with Crippen LogP contribution >= 0.6 is 0 Å². The van der Waals surface area contributed by atoms with Crippen LogP contribution in [0.25, 0.3) is 0 Å². The molecule has 1 heterocycles. The van der Waals surface area contributed by atoms with E-state index >= 15 is 0 Å². The van der Waals surface area contributed by atoms with Gasteiger partial charge in [0.25, 0.3) is 0 Å². The summed E-state index contributed by atoms with van der Waals surface area (Å²) < 4.78 is 32.3. The normalized spacial score (nSPS) is 11.8. The lowest BCUT2D eigenvalue weighted by Gasteiger charge is -2.18. The molecule has 1 unspecified atom stereocenters. The molecule has 24 heavy (non-hydrogen) atoms. The molecule has 3 rings (SSSR count). The first-order valence-electron chi connectivity index (χ1n) is 7.26. The average molecular weight is 325 g/mol. The van der Waals surface area contributed by atoms with Crippen molar-refractivity contribution in [2.75, 3.05) is 0 Å². The van der Waals surface area contributed by atoms with Gasteiger partial charge in [-0.2, -0.15) is 0 Å². The Morgan fingerprint density at radius 2 is 1.67 bits per heavy atom. The number of aromatic nitrogens is 1. The maximum atomic E-state index is 13.5. The number of rotatable bonds is 4. The fourth-order valence-corrected chi connectivity index (χ4v) is 2.29. The first-order chi connectivity index (χ1) is 11.6. The van der Waals surface area contributed by atoms with E-state index < -0.39 is 23.7 Å². The lowest BCUT2D eigenvalue weighted by atomic mass is 10.1. The molecular weight excluding hydrogens is 312 g/mol. The zero-order chi connectivity index (χ0) is 16.9. The van der Waals surface area contributed by atoms with E-state index in [1.807, 2.05) is 0 Å². The van der Waals surface area contributed by atoms with Crippen LogP contribution in [0.5, 0.6) is 0 Å². The van der Waals surface area contributed by atoms with Crippen molar-refractivity contribution >= 4 is 5.97 Å². The van der Waals surface area contributed by atoms with Crippen LogP contribution < -0.4 is 0 Å². The first kappa shape index (κ1) is 15.8. The number of ether oxygens (including phenoxy) is 1. The summed E-state index contributed by atoms with van der Waals surface area (Å²) in [7, 11) is 0. The number of nitrogens with zero attached hydrogens (tertiary/aromatic N) is 1. The van der Waals surface area contributed by atoms with E-state index in [0.29, 0.717) is 11.3 Å². The van der Waals surface area contributed by atoms with Gasteiger partial charge in [-0.25, -0.2) is 13.6 Å². The van der Waals surface area contributed by atoms with Gasteiger partial charge < -0.3 is 4.74 Å². The zero-order valence-electron chi connectivity index (χ0n) is 12.5. The number of halogens is 2. The molecule has 0 N–H and O–H groups in total. The largest absolute Gasteiger partial charge is 0.447 e. The van der Waals surface area contributed by atoms with Gasteiger partial charge in [0.15, 0.2) is 6.10 Å². The molecule has 5 heteroatoms. The second-order valence-corrected chi connectivity index (χ2v) is 5.11. The summed E-state index contributed by atoms with van der Waals surface area (Å²) in [4.78, 5) is 16.5. The highest BCUT2D eigenvalue weighted by atomic mass is 19.1. The summed E-state index contributed by atoms with van der Waals surface area (Å²) in [6, 6.07) is 16.1. The van der Waals surface area contributed by atoms with E-state index in [0.717, 1.165) is 6.07 Å². The van der Waals surface area contributed by atoms with Crippen molar-refractivity contribution in [3.8, 4) is 0 Å². The molecule has 3 nitrogen and oxygen atoms in total. The molecule has 0 amide bonds. The van der Waals surface area contributed by atoms with Crippen LogP contribution in [0.2, 0.25) is 0 Å². The Kier molecular flexibility index (Phi) is 4.61. The molecule has 0 aliphatic rings. The van der Waals surface area contributed by atoms with Gasteiger partial charge in [0.2, 0.25) is 0 Å². The second kappa shape index (κ2) is 7.00. The predicted molar refractivity (Wildman–Crippen MR) is 84.3 cm³/mol. The minimum atomic E-state index is -0.891. The molecule has 1 atom stereocenters. The van der Waals surface area contributed by atoms with Gasteiger partial charge in [-0.15, -0.1) is 0 Å². The van der Waals surface area contributed by atoms with Gasteiger partial charge in [0.05, 0.1) is 11.3 Å². The van der Waals surface area contributed by atoms with Crippen LogP contribution in [0, 0.1) is 11.6 Å². The Morgan fingerprint density at radius 1 is 0.917 bits per heavy atom. The van der Waals surface area contributed by atoms with Crippen LogP contribution in [0.4, 0.5) is 8.78 Å². The van der Waals surface area contributed by atoms with Crippen molar-refractivity contribution in [3.05, 3.63) is 101 Å². The number of carbonyl (C=O) groups is 1. The third kappa shape index (κ3) is 3.63. The van der Waals surface area contributed by atoms with E-state index in [1.165, 1.54) is 36.4 Å². The highest BCUT2D eigenvalue weighted by Crippen LogP contribution is 2.26. The second-order valence-electron chi connectivity index (χ2n) is 5.11. The molecule has 0 aliphatic carbocycles. The van der Waals surface area contributed by atoms with Gasteiger partial charge in [0.1, 0.15) is 11.6 Å². The van der Waals surface area contributed by atoms with E-state index in [9.17, 15) is 13.6 Å². The van der Waals surface area contributed by atoms with Crippen molar-refractivity contribution in [3.63, 3.8) is 0 Å². The Balaban J connectivity index is 1.95. The molecule has 0 radical (unpaired) electrons. The quantitative estimate of drug-likeness (QED) is 0.671. The molecule has 0 fully saturated rings. The summed E-state index contributed by atoms with van der Waals surface area (Å²) in [5.74, 6) is -1.70. The van der Waals surface area contributed by atoms with Crippen molar-refractivity contribution < 1.29 is 18.3 Å². The number of hydrogen-bond donors (Lipinski definition) is 0. The van der Waals surface area contributed by atoms with E-state index in [2.05, 4.69) is 4.98 Å². The van der Waals surface area contributed by atoms with Crippen LogP contribution in [0.3, 0.4) is 0 Å². The van der Waals surface area contributed by atoms with Crippen molar-refractivity contribution in [1.82, 2.24) is 4.98 Å². The molecule has 120 valence electrons. The Hall–Kier alpha value is -3.08. The maximum Gasteiger partial charge on any atom is 0.339 e. The smallest absolute Gasteiger partial charge is 0.339 e. The van der Waals surface area contributed by atoms with Crippen LogP contribution in [0.15, 0.2) is 72.9 Å². The number of hydrogen-bond acceptors (Lipinski definition) is 3. The third-order valence-electron chi connectivity index (χ3n) is 3.39. The SMILES string of the molecule is O=C(OC(c1cccc(F)c1)c1ccccn1)c1cccc(F)c1. The minimum Gasteiger partial charge on any atom is -0.447 e. The lowest BCUT2D eigenvalue weighted by molar-refractivity contribution is 0.0369. The molecule has 0 saturated carbocycles. The number of carbonyl (C=O) groups excluding carboxylic acids is 1. The first-order valence-corrected chi connectivity index (χ1v) is 7.26. The van der Waals surface area contributed by atoms with Gasteiger partial charge in [-0.05, 0) is 42.5 Å². The number of esters is 1. The number of pyridine rings is 1. The molecule has 1 aromatic heterocycles. The van der Waals surface area contributed by atoms with E-state index in [1.54, 1.807) is 30.5 Å². The Morgan fingerprint density at radius 3 is 2.33 bits per heavy atom. The maximum absolute atomic E-state index is 13.5. The summed E-state index contributed by atoms with van der Waals surface area (Å²) in [5.41, 5.74) is 0.971. The van der Waals surface area contributed by atoms with Gasteiger partial charge in [0, 0.05) is 11.8 Å². The van der Waals surface area contributed by atoms with E-state index in [4.69, 9.17) is 4.74 Å². The molecular formula is C19H13F2NO2. The summed E-state index contributed by atoms with van der Waals surface area (Å²) in [6.45, 7) is 0. The third-order valence-corrected chi connectivity index (χ3v) is 3.39. The lowest BCUT2D eigenvalue weighted by Crippen LogP contribution is -2.14. The van der Waals surface area contributed by atoms with E-state index in [-0.39, 0.29) is 5.56 Å². The fourth-order valence-electron chi connectivity index (χ4n) is 2.29. The monoisotopic (exact) mass is 325 g/mol. The molecule has 0 saturated heterocycles. The van der Waals surface area contributed by atoms with Crippen LogP contribution in [-0.4, -0.2) is 11.0 Å². The average Bonchev–Trinajstić information content (AvgIpc) is 2.60. The fraction of sp³-hybridized carbons (Fsp3) is 0.0526. The van der Waals surface area contributed by atoms with Gasteiger partial charge >= 0.3 is 5.97 Å². The summed E-state index contributed by atoms with van der Waals surface area (Å²) in [5, 5.41) is 0. The Labute approximate surface area is 137 Å². The van der Waals surface area contributed by atoms with Crippen molar-refractivity contribution in [2.24, 2.45) is 0 Å². The summed E-state index contributed by atoms with van der Waals surface area (Å²) >= 11 is 0. The molecule has 0 spiro atoms. The van der Waals surface area contributed by atoms with Crippen LogP contribution in [0.1, 0.15) is 27.7 Å². The molecule has 2 aromatic carbocycles. The highest BCUT2D eigenvalue weighted by molar-refractivity contribution is 5.89. The minimum absolute atomic E-state index is 0.0762. The zero-order valence-corrected chi connectivity index (χ0v) is 12.5. The molecule has 0 aliphatic heterocycles.